The van der Waals surface area contributed by atoms with Gasteiger partial charge in [-0.2, -0.15) is 0 Å². The Morgan fingerprint density at radius 1 is 0.967 bits per heavy atom. The number of aryl methyl sites for hydroxylation is 1. The molecule has 0 spiro atoms. The number of carbonyl (C=O) groups excluding carboxylic acids is 3. The first-order valence-corrected chi connectivity index (χ1v) is 10.6. The molecule has 0 aliphatic carbocycles. The summed E-state index contributed by atoms with van der Waals surface area (Å²) in [5.41, 5.74) is 3.17. The fraction of sp³-hybridized carbons (Fsp3) is 0.348. The fourth-order valence-electron chi connectivity index (χ4n) is 4.11. The summed E-state index contributed by atoms with van der Waals surface area (Å²) in [6.07, 6.45) is 0.793. The summed E-state index contributed by atoms with van der Waals surface area (Å²) in [6.45, 7) is 5.13. The van der Waals surface area contributed by atoms with E-state index in [1.807, 2.05) is 23.1 Å². The van der Waals surface area contributed by atoms with Crippen LogP contribution in [-0.2, 0) is 4.79 Å². The number of hydrogen-bond acceptors (Lipinski definition) is 4. The second-order valence-electron chi connectivity index (χ2n) is 7.71. The van der Waals surface area contributed by atoms with E-state index in [4.69, 9.17) is 11.6 Å². The zero-order valence-corrected chi connectivity index (χ0v) is 17.7. The van der Waals surface area contributed by atoms with Crippen LogP contribution in [-0.4, -0.2) is 60.2 Å². The van der Waals surface area contributed by atoms with Gasteiger partial charge in [-0.15, -0.1) is 0 Å². The number of halogens is 1. The molecule has 1 fully saturated rings. The average Bonchev–Trinajstić information content (AvgIpc) is 3.00. The van der Waals surface area contributed by atoms with Crippen molar-refractivity contribution in [2.45, 2.75) is 19.8 Å². The van der Waals surface area contributed by atoms with Crippen molar-refractivity contribution in [3.8, 4) is 0 Å². The lowest BCUT2D eigenvalue weighted by atomic mass is 10.1. The zero-order valence-electron chi connectivity index (χ0n) is 16.9. The molecule has 0 bridgehead atoms. The summed E-state index contributed by atoms with van der Waals surface area (Å²) < 4.78 is 0. The number of fused-ring (bicyclic) bond motifs is 1. The molecule has 0 saturated carbocycles. The van der Waals surface area contributed by atoms with E-state index in [1.54, 1.807) is 24.3 Å². The largest absolute Gasteiger partial charge is 0.368 e. The number of piperazine rings is 1. The van der Waals surface area contributed by atoms with Gasteiger partial charge in [0.05, 0.1) is 11.1 Å². The molecule has 4 rings (SSSR count). The molecule has 7 heteroatoms. The minimum Gasteiger partial charge on any atom is -0.368 e. The first kappa shape index (κ1) is 20.4. The Bertz CT molecular complexity index is 964. The average molecular weight is 426 g/mol. The molecule has 2 heterocycles. The molecular weight excluding hydrogens is 402 g/mol. The maximum atomic E-state index is 12.6. The van der Waals surface area contributed by atoms with E-state index in [1.165, 1.54) is 10.5 Å². The zero-order chi connectivity index (χ0) is 21.3. The highest BCUT2D eigenvalue weighted by atomic mass is 35.5. The second-order valence-corrected chi connectivity index (χ2v) is 8.15. The molecule has 3 amide bonds. The molecule has 156 valence electrons. The van der Waals surface area contributed by atoms with Gasteiger partial charge in [-0.25, -0.2) is 0 Å². The third kappa shape index (κ3) is 3.92. The molecule has 0 radical (unpaired) electrons. The van der Waals surface area contributed by atoms with E-state index < -0.39 is 0 Å². The third-order valence-corrected chi connectivity index (χ3v) is 6.03. The van der Waals surface area contributed by atoms with E-state index in [0.717, 1.165) is 18.8 Å². The molecular formula is C23H24ClN3O3. The number of carbonyl (C=O) groups is 3. The summed E-state index contributed by atoms with van der Waals surface area (Å²) in [7, 11) is 0. The van der Waals surface area contributed by atoms with Crippen molar-refractivity contribution >= 4 is 35.0 Å². The Labute approximate surface area is 181 Å². The summed E-state index contributed by atoms with van der Waals surface area (Å²) in [4.78, 5) is 42.8. The minimum absolute atomic E-state index is 0.0640. The molecule has 0 aromatic heterocycles. The maximum Gasteiger partial charge on any atom is 0.261 e. The lowest BCUT2D eigenvalue weighted by Gasteiger charge is -2.37. The van der Waals surface area contributed by atoms with Crippen molar-refractivity contribution in [2.75, 3.05) is 37.6 Å². The highest BCUT2D eigenvalue weighted by Gasteiger charge is 2.34. The Balaban J connectivity index is 1.27. The van der Waals surface area contributed by atoms with E-state index in [9.17, 15) is 14.4 Å². The Morgan fingerprint density at radius 2 is 1.60 bits per heavy atom. The quantitative estimate of drug-likeness (QED) is 0.689. The van der Waals surface area contributed by atoms with Gasteiger partial charge in [0.15, 0.2) is 0 Å². The molecule has 2 aliphatic heterocycles. The van der Waals surface area contributed by atoms with Crippen LogP contribution in [0.4, 0.5) is 5.69 Å². The van der Waals surface area contributed by atoms with Gasteiger partial charge in [0, 0.05) is 49.9 Å². The van der Waals surface area contributed by atoms with E-state index >= 15 is 0 Å². The summed E-state index contributed by atoms with van der Waals surface area (Å²) in [6, 6.07) is 12.7. The number of hydrogen-bond donors (Lipinski definition) is 0. The molecule has 0 unspecified atom stereocenters. The highest BCUT2D eigenvalue weighted by molar-refractivity contribution is 6.30. The van der Waals surface area contributed by atoms with Crippen molar-refractivity contribution in [3.05, 3.63) is 64.2 Å². The van der Waals surface area contributed by atoms with Gasteiger partial charge in [0.1, 0.15) is 0 Å². The summed E-state index contributed by atoms with van der Waals surface area (Å²) >= 11 is 6.13. The van der Waals surface area contributed by atoms with Crippen molar-refractivity contribution < 1.29 is 14.4 Å². The standard InChI is InChI=1S/C23H24ClN3O3/c1-16-8-9-17(24)15-20(16)25-11-13-26(14-12-25)21(28)7-4-10-27-22(29)18-5-2-3-6-19(18)23(27)30/h2-3,5-6,8-9,15H,4,7,10-14H2,1H3. The Hall–Kier alpha value is -2.86. The molecule has 6 nitrogen and oxygen atoms in total. The van der Waals surface area contributed by atoms with Gasteiger partial charge in [-0.05, 0) is 43.2 Å². The van der Waals surface area contributed by atoms with Crippen LogP contribution in [0.1, 0.15) is 39.1 Å². The maximum absolute atomic E-state index is 12.6. The van der Waals surface area contributed by atoms with Crippen LogP contribution in [0.5, 0.6) is 0 Å². The van der Waals surface area contributed by atoms with Crippen LogP contribution >= 0.6 is 11.6 Å². The first-order chi connectivity index (χ1) is 14.5. The van der Waals surface area contributed by atoms with Crippen molar-refractivity contribution in [1.29, 1.82) is 0 Å². The SMILES string of the molecule is Cc1ccc(Cl)cc1N1CCN(C(=O)CCCN2C(=O)c3ccccc3C2=O)CC1. The summed E-state index contributed by atoms with van der Waals surface area (Å²) in [5.74, 6) is -0.476. The Morgan fingerprint density at radius 3 is 2.23 bits per heavy atom. The van der Waals surface area contributed by atoms with Crippen LogP contribution in [0.2, 0.25) is 5.02 Å². The smallest absolute Gasteiger partial charge is 0.261 e. The van der Waals surface area contributed by atoms with E-state index in [-0.39, 0.29) is 24.3 Å². The van der Waals surface area contributed by atoms with Crippen LogP contribution in [0.15, 0.2) is 42.5 Å². The number of nitrogens with zero attached hydrogens (tertiary/aromatic N) is 3. The number of amides is 3. The Kier molecular flexibility index (Phi) is 5.77. The van der Waals surface area contributed by atoms with Gasteiger partial charge >= 0.3 is 0 Å². The fourth-order valence-corrected chi connectivity index (χ4v) is 4.28. The molecule has 2 aromatic rings. The number of benzene rings is 2. The summed E-state index contributed by atoms with van der Waals surface area (Å²) in [5, 5.41) is 0.710. The third-order valence-electron chi connectivity index (χ3n) is 5.79. The molecule has 0 atom stereocenters. The molecule has 2 aromatic carbocycles. The highest BCUT2D eigenvalue weighted by Crippen LogP contribution is 2.26. The van der Waals surface area contributed by atoms with Gasteiger partial charge in [-0.1, -0.05) is 29.8 Å². The minimum atomic E-state index is -0.270. The monoisotopic (exact) mass is 425 g/mol. The predicted molar refractivity (Wildman–Crippen MR) is 116 cm³/mol. The number of imide groups is 1. The lowest BCUT2D eigenvalue weighted by molar-refractivity contribution is -0.131. The van der Waals surface area contributed by atoms with Crippen LogP contribution in [0.3, 0.4) is 0 Å². The van der Waals surface area contributed by atoms with Gasteiger partial charge in [0.2, 0.25) is 5.91 Å². The van der Waals surface area contributed by atoms with Gasteiger partial charge < -0.3 is 9.80 Å². The van der Waals surface area contributed by atoms with Crippen molar-refractivity contribution in [2.24, 2.45) is 0 Å². The number of anilines is 1. The van der Waals surface area contributed by atoms with Crippen LogP contribution < -0.4 is 4.90 Å². The van der Waals surface area contributed by atoms with Crippen LogP contribution in [0.25, 0.3) is 0 Å². The van der Waals surface area contributed by atoms with Crippen LogP contribution in [0, 0.1) is 6.92 Å². The molecule has 30 heavy (non-hydrogen) atoms. The number of rotatable bonds is 5. The molecule has 2 aliphatic rings. The van der Waals surface area contributed by atoms with E-state index in [0.29, 0.717) is 42.1 Å². The van der Waals surface area contributed by atoms with E-state index in [2.05, 4.69) is 11.8 Å². The predicted octanol–water partition coefficient (Wildman–Crippen LogP) is 3.37. The van der Waals surface area contributed by atoms with Gasteiger partial charge in [0.25, 0.3) is 11.8 Å². The topological polar surface area (TPSA) is 60.9 Å². The second kappa shape index (κ2) is 8.48. The van der Waals surface area contributed by atoms with Gasteiger partial charge in [-0.3, -0.25) is 19.3 Å². The molecule has 1 saturated heterocycles. The molecule has 0 N–H and O–H groups in total. The van der Waals surface area contributed by atoms with Crippen molar-refractivity contribution in [3.63, 3.8) is 0 Å². The lowest BCUT2D eigenvalue weighted by Crippen LogP contribution is -2.49. The first-order valence-electron chi connectivity index (χ1n) is 10.2. The van der Waals surface area contributed by atoms with Crippen molar-refractivity contribution in [1.82, 2.24) is 9.80 Å². The normalized spacial score (nSPS) is 16.3.